The van der Waals surface area contributed by atoms with E-state index in [4.69, 9.17) is 0 Å². The number of hydrogen-bond donors (Lipinski definition) is 0. The zero-order valence-corrected chi connectivity index (χ0v) is 14.2. The molecule has 1 amide bonds. The number of rotatable bonds is 7. The van der Waals surface area contributed by atoms with Crippen molar-refractivity contribution in [1.29, 1.82) is 0 Å². The summed E-state index contributed by atoms with van der Waals surface area (Å²) in [5, 5.41) is 0. The molecule has 3 nitrogen and oxygen atoms in total. The Morgan fingerprint density at radius 2 is 2.04 bits per heavy atom. The van der Waals surface area contributed by atoms with E-state index in [0.29, 0.717) is 6.42 Å². The molecule has 1 aromatic carbocycles. The van der Waals surface area contributed by atoms with Gasteiger partial charge in [0.1, 0.15) is 5.82 Å². The second-order valence-corrected chi connectivity index (χ2v) is 6.50. The van der Waals surface area contributed by atoms with Crippen LogP contribution in [0, 0.1) is 5.82 Å². The van der Waals surface area contributed by atoms with Crippen molar-refractivity contribution < 1.29 is 9.18 Å². The fourth-order valence-electron chi connectivity index (χ4n) is 2.17. The topological polar surface area (TPSA) is 33.2 Å². The predicted molar refractivity (Wildman–Crippen MR) is 92.6 cm³/mol. The van der Waals surface area contributed by atoms with Gasteiger partial charge in [-0.1, -0.05) is 18.2 Å². The molecular formula is C18H21FN2OS. The molecule has 2 aromatic rings. The van der Waals surface area contributed by atoms with Crippen LogP contribution in [0.15, 0.2) is 48.8 Å². The summed E-state index contributed by atoms with van der Waals surface area (Å²) >= 11 is 1.68. The molecule has 23 heavy (non-hydrogen) atoms. The van der Waals surface area contributed by atoms with Gasteiger partial charge in [-0.2, -0.15) is 11.8 Å². The molecule has 1 atom stereocenters. The summed E-state index contributed by atoms with van der Waals surface area (Å²) in [6, 6.07) is 10.3. The Labute approximate surface area is 140 Å². The molecule has 0 unspecified atom stereocenters. The standard InChI is InChI=1S/C18H21FN2OS/c1-14(16-4-3-10-20-12-16)21(2)18(22)9-11-23-13-15-5-7-17(19)8-6-15/h3-8,10,12,14H,9,11,13H2,1-2H3/t14-/m0/s1. The van der Waals surface area contributed by atoms with Gasteiger partial charge >= 0.3 is 0 Å². The Kier molecular flexibility index (Phi) is 6.59. The van der Waals surface area contributed by atoms with Crippen LogP contribution in [0.2, 0.25) is 0 Å². The van der Waals surface area contributed by atoms with Gasteiger partial charge in [0.15, 0.2) is 0 Å². The predicted octanol–water partition coefficient (Wildman–Crippen LogP) is 4.06. The maximum atomic E-state index is 12.8. The molecule has 0 fully saturated rings. The van der Waals surface area contributed by atoms with Gasteiger partial charge in [0.05, 0.1) is 6.04 Å². The third-order valence-corrected chi connectivity index (χ3v) is 4.81. The summed E-state index contributed by atoms with van der Waals surface area (Å²) in [5.74, 6) is 1.43. The highest BCUT2D eigenvalue weighted by atomic mass is 32.2. The molecule has 0 saturated carbocycles. The van der Waals surface area contributed by atoms with Gasteiger partial charge in [0.2, 0.25) is 5.91 Å². The molecule has 0 spiro atoms. The monoisotopic (exact) mass is 332 g/mol. The van der Waals surface area contributed by atoms with E-state index in [2.05, 4.69) is 4.98 Å². The molecule has 0 aliphatic carbocycles. The van der Waals surface area contributed by atoms with Crippen LogP contribution < -0.4 is 0 Å². The Bertz CT molecular complexity index is 619. The second kappa shape index (κ2) is 8.67. The number of pyridine rings is 1. The average molecular weight is 332 g/mol. The lowest BCUT2D eigenvalue weighted by Crippen LogP contribution is -2.29. The van der Waals surface area contributed by atoms with E-state index >= 15 is 0 Å². The van der Waals surface area contributed by atoms with Gasteiger partial charge < -0.3 is 4.90 Å². The Hall–Kier alpha value is -1.88. The molecule has 0 bridgehead atoms. The van der Waals surface area contributed by atoms with Crippen LogP contribution >= 0.6 is 11.8 Å². The third-order valence-electron chi connectivity index (χ3n) is 3.78. The Morgan fingerprint density at radius 3 is 2.70 bits per heavy atom. The number of thioether (sulfide) groups is 1. The fourth-order valence-corrected chi connectivity index (χ4v) is 3.06. The molecular weight excluding hydrogens is 311 g/mol. The highest BCUT2D eigenvalue weighted by Crippen LogP contribution is 2.19. The third kappa shape index (κ3) is 5.36. The highest BCUT2D eigenvalue weighted by Gasteiger charge is 2.16. The lowest BCUT2D eigenvalue weighted by molar-refractivity contribution is -0.131. The van der Waals surface area contributed by atoms with Crippen molar-refractivity contribution in [3.05, 3.63) is 65.7 Å². The lowest BCUT2D eigenvalue weighted by atomic mass is 10.1. The summed E-state index contributed by atoms with van der Waals surface area (Å²) < 4.78 is 12.8. The first-order chi connectivity index (χ1) is 11.1. The summed E-state index contributed by atoms with van der Waals surface area (Å²) in [6.07, 6.45) is 4.01. The molecule has 0 aliphatic heterocycles. The number of nitrogens with zero attached hydrogens (tertiary/aromatic N) is 2. The zero-order chi connectivity index (χ0) is 16.7. The van der Waals surface area contributed by atoms with Gasteiger partial charge in [0, 0.05) is 37.4 Å². The van der Waals surface area contributed by atoms with Crippen LogP contribution in [0.1, 0.15) is 30.5 Å². The number of benzene rings is 1. The maximum absolute atomic E-state index is 12.8. The SMILES string of the molecule is C[C@@H](c1cccnc1)N(C)C(=O)CCSCc1ccc(F)cc1. The van der Waals surface area contributed by atoms with E-state index in [1.165, 1.54) is 12.1 Å². The normalized spacial score (nSPS) is 12.0. The molecule has 0 N–H and O–H groups in total. The van der Waals surface area contributed by atoms with Crippen molar-refractivity contribution in [2.24, 2.45) is 0 Å². The van der Waals surface area contributed by atoms with Crippen molar-refractivity contribution >= 4 is 17.7 Å². The van der Waals surface area contributed by atoms with Crippen molar-refractivity contribution in [3.8, 4) is 0 Å². The summed E-state index contributed by atoms with van der Waals surface area (Å²) in [4.78, 5) is 18.1. The van der Waals surface area contributed by atoms with E-state index in [1.54, 1.807) is 41.2 Å². The molecule has 122 valence electrons. The zero-order valence-electron chi connectivity index (χ0n) is 13.4. The number of aromatic nitrogens is 1. The van der Waals surface area contributed by atoms with E-state index in [0.717, 1.165) is 22.6 Å². The first-order valence-corrected chi connectivity index (χ1v) is 8.71. The minimum atomic E-state index is -0.222. The highest BCUT2D eigenvalue weighted by molar-refractivity contribution is 7.98. The first-order valence-electron chi connectivity index (χ1n) is 7.55. The summed E-state index contributed by atoms with van der Waals surface area (Å²) in [7, 11) is 1.82. The molecule has 0 aliphatic rings. The largest absolute Gasteiger partial charge is 0.339 e. The van der Waals surface area contributed by atoms with Crippen molar-refractivity contribution in [2.75, 3.05) is 12.8 Å². The lowest BCUT2D eigenvalue weighted by Gasteiger charge is -2.25. The van der Waals surface area contributed by atoms with Gasteiger partial charge in [-0.05, 0) is 36.2 Å². The number of carbonyl (C=O) groups is 1. The van der Waals surface area contributed by atoms with Crippen LogP contribution in [-0.2, 0) is 10.5 Å². The van der Waals surface area contributed by atoms with Gasteiger partial charge in [-0.3, -0.25) is 9.78 Å². The minimum Gasteiger partial charge on any atom is -0.339 e. The number of carbonyl (C=O) groups excluding carboxylic acids is 1. The minimum absolute atomic E-state index is 0.0123. The molecule has 5 heteroatoms. The molecule has 1 aromatic heterocycles. The summed E-state index contributed by atoms with van der Waals surface area (Å²) in [5.41, 5.74) is 2.10. The maximum Gasteiger partial charge on any atom is 0.223 e. The average Bonchev–Trinajstić information content (AvgIpc) is 2.59. The van der Waals surface area contributed by atoms with Crippen molar-refractivity contribution in [3.63, 3.8) is 0 Å². The fraction of sp³-hybridized carbons (Fsp3) is 0.333. The smallest absolute Gasteiger partial charge is 0.223 e. The van der Waals surface area contributed by atoms with E-state index in [9.17, 15) is 9.18 Å². The molecule has 1 heterocycles. The number of halogens is 1. The molecule has 2 rings (SSSR count). The van der Waals surface area contributed by atoms with E-state index < -0.39 is 0 Å². The van der Waals surface area contributed by atoms with Crippen LogP contribution in [0.25, 0.3) is 0 Å². The Morgan fingerprint density at radius 1 is 1.30 bits per heavy atom. The molecule has 0 radical (unpaired) electrons. The van der Waals surface area contributed by atoms with Gasteiger partial charge in [-0.25, -0.2) is 4.39 Å². The van der Waals surface area contributed by atoms with Crippen LogP contribution in [0.5, 0.6) is 0 Å². The first kappa shape index (κ1) is 17.5. The van der Waals surface area contributed by atoms with Gasteiger partial charge in [-0.15, -0.1) is 0 Å². The van der Waals surface area contributed by atoms with Crippen LogP contribution in [0.3, 0.4) is 0 Å². The number of hydrogen-bond acceptors (Lipinski definition) is 3. The Balaban J connectivity index is 1.74. The summed E-state index contributed by atoms with van der Waals surface area (Å²) in [6.45, 7) is 2.00. The van der Waals surface area contributed by atoms with E-state index in [-0.39, 0.29) is 17.8 Å². The van der Waals surface area contributed by atoms with Crippen LogP contribution in [0.4, 0.5) is 4.39 Å². The quantitative estimate of drug-likeness (QED) is 0.717. The number of amides is 1. The van der Waals surface area contributed by atoms with Gasteiger partial charge in [0.25, 0.3) is 0 Å². The van der Waals surface area contributed by atoms with Crippen molar-refractivity contribution in [1.82, 2.24) is 9.88 Å². The van der Waals surface area contributed by atoms with Crippen LogP contribution in [-0.4, -0.2) is 28.6 Å². The second-order valence-electron chi connectivity index (χ2n) is 5.40. The van der Waals surface area contributed by atoms with Crippen molar-refractivity contribution in [2.45, 2.75) is 25.1 Å². The molecule has 0 saturated heterocycles. The van der Waals surface area contributed by atoms with E-state index in [1.807, 2.05) is 26.1 Å².